The number of amides is 1. The minimum Gasteiger partial charge on any atom is -0.369 e. The lowest BCUT2D eigenvalue weighted by molar-refractivity contribution is 0.0709. The molecule has 0 saturated heterocycles. The second-order valence-electron chi connectivity index (χ2n) is 4.02. The normalized spacial score (nSPS) is 10.4. The summed E-state index contributed by atoms with van der Waals surface area (Å²) in [6.07, 6.45) is 0. The lowest BCUT2D eigenvalue weighted by atomic mass is 10.2. The van der Waals surface area contributed by atoms with Crippen LogP contribution in [0.2, 0.25) is 0 Å². The Kier molecular flexibility index (Phi) is 4.87. The average Bonchev–Trinajstić information content (AvgIpc) is 2.30. The van der Waals surface area contributed by atoms with Gasteiger partial charge in [-0.15, -0.1) is 10.2 Å². The van der Waals surface area contributed by atoms with Crippen molar-refractivity contribution in [2.24, 2.45) is 0 Å². The quantitative estimate of drug-likeness (QED) is 0.846. The molecule has 0 saturated carbocycles. The molecule has 5 nitrogen and oxygen atoms in total. The van der Waals surface area contributed by atoms with E-state index in [2.05, 4.69) is 15.5 Å². The molecule has 0 bridgehead atoms. The third-order valence-corrected chi connectivity index (χ3v) is 2.47. The molecule has 1 aromatic heterocycles. The zero-order valence-electron chi connectivity index (χ0n) is 10.9. The number of carbonyl (C=O) groups excluding carboxylic acids is 1. The predicted molar refractivity (Wildman–Crippen MR) is 68.0 cm³/mol. The molecule has 1 aromatic rings. The van der Waals surface area contributed by atoms with E-state index in [9.17, 15) is 4.79 Å². The molecule has 17 heavy (non-hydrogen) atoms. The summed E-state index contributed by atoms with van der Waals surface area (Å²) in [5, 5.41) is 10.9. The van der Waals surface area contributed by atoms with Crippen LogP contribution in [0.3, 0.4) is 0 Å². The van der Waals surface area contributed by atoms with Crippen molar-refractivity contribution in [1.29, 1.82) is 0 Å². The summed E-state index contributed by atoms with van der Waals surface area (Å²) < 4.78 is 0. The molecule has 1 heterocycles. The minimum atomic E-state index is -0.0713. The van der Waals surface area contributed by atoms with Crippen LogP contribution in [0.5, 0.6) is 0 Å². The third-order valence-electron chi connectivity index (χ3n) is 2.47. The van der Waals surface area contributed by atoms with E-state index in [-0.39, 0.29) is 11.9 Å². The highest BCUT2D eigenvalue weighted by Gasteiger charge is 2.18. The number of nitrogens with one attached hydrogen (secondary N) is 1. The van der Waals surface area contributed by atoms with Crippen LogP contribution in [0.15, 0.2) is 12.1 Å². The number of aromatic nitrogens is 2. The van der Waals surface area contributed by atoms with E-state index in [1.807, 2.05) is 27.7 Å². The van der Waals surface area contributed by atoms with Crippen LogP contribution >= 0.6 is 0 Å². The zero-order valence-corrected chi connectivity index (χ0v) is 10.9. The maximum atomic E-state index is 12.1. The second-order valence-corrected chi connectivity index (χ2v) is 4.02. The third kappa shape index (κ3) is 3.41. The molecular weight excluding hydrogens is 216 g/mol. The van der Waals surface area contributed by atoms with Gasteiger partial charge in [0.1, 0.15) is 5.82 Å². The first kappa shape index (κ1) is 13.4. The van der Waals surface area contributed by atoms with E-state index in [0.29, 0.717) is 18.1 Å². The molecule has 0 aliphatic rings. The van der Waals surface area contributed by atoms with Gasteiger partial charge in [-0.2, -0.15) is 0 Å². The predicted octanol–water partition coefficient (Wildman–Crippen LogP) is 1.78. The Bertz CT molecular complexity index is 361. The summed E-state index contributed by atoms with van der Waals surface area (Å²) in [4.78, 5) is 13.9. The minimum absolute atomic E-state index is 0.0713. The van der Waals surface area contributed by atoms with E-state index in [0.717, 1.165) is 6.54 Å². The summed E-state index contributed by atoms with van der Waals surface area (Å²) in [7, 11) is 0. The number of anilines is 1. The Hall–Kier alpha value is -1.65. The number of carbonyl (C=O) groups is 1. The fourth-order valence-corrected chi connectivity index (χ4v) is 1.61. The molecule has 1 N–H and O–H groups in total. The van der Waals surface area contributed by atoms with Crippen molar-refractivity contribution in [3.05, 3.63) is 17.8 Å². The van der Waals surface area contributed by atoms with E-state index < -0.39 is 0 Å². The summed E-state index contributed by atoms with van der Waals surface area (Å²) in [6.45, 7) is 9.38. The molecule has 94 valence electrons. The van der Waals surface area contributed by atoms with Gasteiger partial charge in [-0.3, -0.25) is 4.79 Å². The highest BCUT2D eigenvalue weighted by molar-refractivity contribution is 5.92. The molecule has 0 aliphatic carbocycles. The fraction of sp³-hybridized carbons (Fsp3) is 0.583. The molecule has 1 rings (SSSR count). The summed E-state index contributed by atoms with van der Waals surface area (Å²) in [5.41, 5.74) is 0.391. The molecule has 0 aliphatic heterocycles. The highest BCUT2D eigenvalue weighted by Crippen LogP contribution is 2.07. The van der Waals surface area contributed by atoms with Crippen LogP contribution in [0.1, 0.15) is 38.2 Å². The smallest absolute Gasteiger partial charge is 0.274 e. The monoisotopic (exact) mass is 236 g/mol. The van der Waals surface area contributed by atoms with E-state index in [4.69, 9.17) is 0 Å². The molecule has 0 aromatic carbocycles. The maximum Gasteiger partial charge on any atom is 0.274 e. The van der Waals surface area contributed by atoms with Gasteiger partial charge < -0.3 is 10.2 Å². The molecule has 0 fully saturated rings. The summed E-state index contributed by atoms with van der Waals surface area (Å²) in [6, 6.07) is 3.65. The zero-order chi connectivity index (χ0) is 12.8. The highest BCUT2D eigenvalue weighted by atomic mass is 16.2. The lowest BCUT2D eigenvalue weighted by Gasteiger charge is -2.24. The largest absolute Gasteiger partial charge is 0.369 e. The Labute approximate surface area is 102 Å². The molecule has 1 amide bonds. The number of nitrogens with zero attached hydrogens (tertiary/aromatic N) is 3. The van der Waals surface area contributed by atoms with Gasteiger partial charge in [0.25, 0.3) is 5.91 Å². The SMILES string of the molecule is CCNc1ccc(C(=O)N(CC)C(C)C)nn1. The fourth-order valence-electron chi connectivity index (χ4n) is 1.61. The van der Waals surface area contributed by atoms with Crippen LogP contribution in [0.4, 0.5) is 5.82 Å². The van der Waals surface area contributed by atoms with Crippen molar-refractivity contribution >= 4 is 11.7 Å². The van der Waals surface area contributed by atoms with Gasteiger partial charge in [-0.25, -0.2) is 0 Å². The standard InChI is InChI=1S/C12H20N4O/c1-5-13-11-8-7-10(14-15-11)12(17)16(6-2)9(3)4/h7-9H,5-6H2,1-4H3,(H,13,15). The van der Waals surface area contributed by atoms with E-state index >= 15 is 0 Å². The molecular formula is C12H20N4O. The molecule has 0 radical (unpaired) electrons. The first-order valence-corrected chi connectivity index (χ1v) is 5.98. The van der Waals surface area contributed by atoms with Crippen molar-refractivity contribution < 1.29 is 4.79 Å². The van der Waals surface area contributed by atoms with E-state index in [1.165, 1.54) is 0 Å². The Morgan fingerprint density at radius 1 is 1.35 bits per heavy atom. The van der Waals surface area contributed by atoms with Crippen molar-refractivity contribution in [2.75, 3.05) is 18.4 Å². The average molecular weight is 236 g/mol. The van der Waals surface area contributed by atoms with Gasteiger partial charge in [-0.1, -0.05) is 0 Å². The van der Waals surface area contributed by atoms with Crippen LogP contribution in [-0.2, 0) is 0 Å². The Balaban J connectivity index is 2.81. The van der Waals surface area contributed by atoms with E-state index in [1.54, 1.807) is 17.0 Å². The van der Waals surface area contributed by atoms with Crippen LogP contribution < -0.4 is 5.32 Å². The summed E-state index contributed by atoms with van der Waals surface area (Å²) in [5.74, 6) is 0.620. The van der Waals surface area contributed by atoms with Crippen LogP contribution in [-0.4, -0.2) is 40.1 Å². The second kappa shape index (κ2) is 6.18. The van der Waals surface area contributed by atoms with Crippen LogP contribution in [0.25, 0.3) is 0 Å². The number of hydrogen-bond donors (Lipinski definition) is 1. The molecule has 5 heteroatoms. The topological polar surface area (TPSA) is 58.1 Å². The van der Waals surface area contributed by atoms with Gasteiger partial charge in [0.05, 0.1) is 0 Å². The molecule has 0 spiro atoms. The van der Waals surface area contributed by atoms with Gasteiger partial charge in [0, 0.05) is 19.1 Å². The summed E-state index contributed by atoms with van der Waals surface area (Å²) >= 11 is 0. The van der Waals surface area contributed by atoms with Crippen molar-refractivity contribution in [2.45, 2.75) is 33.7 Å². The van der Waals surface area contributed by atoms with Crippen molar-refractivity contribution in [3.63, 3.8) is 0 Å². The number of hydrogen-bond acceptors (Lipinski definition) is 4. The first-order valence-electron chi connectivity index (χ1n) is 5.98. The maximum absolute atomic E-state index is 12.1. The van der Waals surface area contributed by atoms with Gasteiger partial charge in [0.15, 0.2) is 5.69 Å². The first-order chi connectivity index (χ1) is 8.10. The molecule has 0 atom stereocenters. The van der Waals surface area contributed by atoms with Crippen molar-refractivity contribution in [3.8, 4) is 0 Å². The van der Waals surface area contributed by atoms with Crippen LogP contribution in [0, 0.1) is 0 Å². The lowest BCUT2D eigenvalue weighted by Crippen LogP contribution is -2.37. The van der Waals surface area contributed by atoms with Gasteiger partial charge >= 0.3 is 0 Å². The van der Waals surface area contributed by atoms with Gasteiger partial charge in [-0.05, 0) is 39.8 Å². The Morgan fingerprint density at radius 3 is 2.47 bits per heavy atom. The Morgan fingerprint density at radius 2 is 2.06 bits per heavy atom. The van der Waals surface area contributed by atoms with Gasteiger partial charge in [0.2, 0.25) is 0 Å². The number of rotatable bonds is 5. The molecule has 0 unspecified atom stereocenters. The van der Waals surface area contributed by atoms with Crippen molar-refractivity contribution in [1.82, 2.24) is 15.1 Å².